The average Bonchev–Trinajstić information content (AvgIpc) is 3.06. The van der Waals surface area contributed by atoms with Gasteiger partial charge in [0, 0.05) is 12.3 Å². The molecule has 0 bridgehead atoms. The van der Waals surface area contributed by atoms with Gasteiger partial charge < -0.3 is 4.74 Å². The van der Waals surface area contributed by atoms with E-state index in [-0.39, 0.29) is 5.92 Å². The molecule has 1 heterocycles. The third-order valence-electron chi connectivity index (χ3n) is 4.58. The van der Waals surface area contributed by atoms with Crippen LogP contribution in [0.1, 0.15) is 23.5 Å². The van der Waals surface area contributed by atoms with E-state index in [4.69, 9.17) is 4.74 Å². The summed E-state index contributed by atoms with van der Waals surface area (Å²) in [6.07, 6.45) is 2.92. The molecule has 0 saturated heterocycles. The molecule has 0 amide bonds. The molecule has 0 aromatic heterocycles. The van der Waals surface area contributed by atoms with Crippen molar-refractivity contribution in [3.05, 3.63) is 83.6 Å². The topological polar surface area (TPSA) is 34.0 Å². The van der Waals surface area contributed by atoms with Crippen LogP contribution in [0.5, 0.6) is 0 Å². The predicted molar refractivity (Wildman–Crippen MR) is 92.8 cm³/mol. The lowest BCUT2D eigenvalue weighted by atomic mass is 9.73. The minimum atomic E-state index is 0.193. The van der Waals surface area contributed by atoms with Crippen LogP contribution in [0.3, 0.4) is 0 Å². The van der Waals surface area contributed by atoms with E-state index in [1.807, 2.05) is 24.3 Å². The smallest absolute Gasteiger partial charge is 0.0980 e. The Morgan fingerprint density at radius 1 is 0.913 bits per heavy atom. The Morgan fingerprint density at radius 2 is 1.61 bits per heavy atom. The van der Waals surface area contributed by atoms with E-state index in [0.717, 1.165) is 29.2 Å². The Morgan fingerprint density at radius 3 is 2.30 bits per heavy atom. The molecule has 1 aliphatic heterocycles. The average molecular weight is 302 g/mol. The Balaban J connectivity index is 1.78. The van der Waals surface area contributed by atoms with Crippen molar-refractivity contribution >= 4 is 11.4 Å². The van der Waals surface area contributed by atoms with Gasteiger partial charge in [-0.3, -0.25) is 0 Å². The van der Waals surface area contributed by atoms with Gasteiger partial charge in [-0.15, -0.1) is 0 Å². The van der Waals surface area contributed by atoms with E-state index in [9.17, 15) is 0 Å². The van der Waals surface area contributed by atoms with Crippen LogP contribution in [-0.2, 0) is 4.74 Å². The number of hydrogen-bond acceptors (Lipinski definition) is 3. The standard InChI is InChI=1S/C20H18N2O/c1-23-16-12-17(14-8-4-2-5-9-14)19-18(13-16)21-22-20(19)15-10-6-3-7-11-15/h2-11,13,17,19H,12H2,1H3. The third kappa shape index (κ3) is 2.48. The molecule has 23 heavy (non-hydrogen) atoms. The lowest BCUT2D eigenvalue weighted by Crippen LogP contribution is -2.31. The fourth-order valence-electron chi connectivity index (χ4n) is 3.45. The van der Waals surface area contributed by atoms with Crippen molar-refractivity contribution in [2.75, 3.05) is 7.11 Å². The van der Waals surface area contributed by atoms with E-state index >= 15 is 0 Å². The molecule has 0 fully saturated rings. The normalized spacial score (nSPS) is 22.7. The van der Waals surface area contributed by atoms with Crippen molar-refractivity contribution in [3.63, 3.8) is 0 Å². The van der Waals surface area contributed by atoms with Gasteiger partial charge in [0.25, 0.3) is 0 Å². The van der Waals surface area contributed by atoms with Crippen LogP contribution in [0.25, 0.3) is 0 Å². The van der Waals surface area contributed by atoms with Gasteiger partial charge in [0.2, 0.25) is 0 Å². The van der Waals surface area contributed by atoms with Crippen molar-refractivity contribution < 1.29 is 4.74 Å². The van der Waals surface area contributed by atoms with Crippen LogP contribution < -0.4 is 0 Å². The number of methoxy groups -OCH3 is 1. The largest absolute Gasteiger partial charge is 0.501 e. The summed E-state index contributed by atoms with van der Waals surface area (Å²) in [6.45, 7) is 0. The summed E-state index contributed by atoms with van der Waals surface area (Å²) in [6, 6.07) is 20.9. The molecule has 0 saturated carbocycles. The highest BCUT2D eigenvalue weighted by molar-refractivity contribution is 6.22. The molecule has 0 spiro atoms. The minimum Gasteiger partial charge on any atom is -0.501 e. The molecule has 2 unspecified atom stereocenters. The minimum absolute atomic E-state index is 0.193. The first-order chi connectivity index (χ1) is 11.4. The van der Waals surface area contributed by atoms with Gasteiger partial charge in [-0.05, 0) is 17.2 Å². The summed E-state index contributed by atoms with van der Waals surface area (Å²) in [5.41, 5.74) is 4.51. The second-order valence-electron chi connectivity index (χ2n) is 5.89. The van der Waals surface area contributed by atoms with Crippen molar-refractivity contribution in [1.82, 2.24) is 0 Å². The van der Waals surface area contributed by atoms with Gasteiger partial charge >= 0.3 is 0 Å². The highest BCUT2D eigenvalue weighted by Crippen LogP contribution is 2.40. The summed E-state index contributed by atoms with van der Waals surface area (Å²) in [5, 5.41) is 8.94. The maximum absolute atomic E-state index is 5.52. The van der Waals surface area contributed by atoms with Gasteiger partial charge in [-0.25, -0.2) is 0 Å². The third-order valence-corrected chi connectivity index (χ3v) is 4.58. The first kappa shape index (κ1) is 13.9. The molecular formula is C20H18N2O. The summed E-state index contributed by atoms with van der Waals surface area (Å²) >= 11 is 0. The van der Waals surface area contributed by atoms with Crippen molar-refractivity contribution in [3.8, 4) is 0 Å². The highest BCUT2D eigenvalue weighted by Gasteiger charge is 2.39. The first-order valence-corrected chi connectivity index (χ1v) is 7.87. The molecule has 1 aliphatic carbocycles. The molecule has 0 radical (unpaired) electrons. The monoisotopic (exact) mass is 302 g/mol. The van der Waals surface area contributed by atoms with Crippen molar-refractivity contribution in [1.29, 1.82) is 0 Å². The lowest BCUT2D eigenvalue weighted by molar-refractivity contribution is 0.265. The van der Waals surface area contributed by atoms with Crippen molar-refractivity contribution in [2.45, 2.75) is 12.3 Å². The summed E-state index contributed by atoms with van der Waals surface area (Å²) < 4.78 is 5.52. The van der Waals surface area contributed by atoms with Gasteiger partial charge in [0.05, 0.1) is 30.2 Å². The summed E-state index contributed by atoms with van der Waals surface area (Å²) in [4.78, 5) is 0. The second-order valence-corrected chi connectivity index (χ2v) is 5.89. The lowest BCUT2D eigenvalue weighted by Gasteiger charge is -2.30. The fourth-order valence-corrected chi connectivity index (χ4v) is 3.45. The first-order valence-electron chi connectivity index (χ1n) is 7.87. The quantitative estimate of drug-likeness (QED) is 0.837. The van der Waals surface area contributed by atoms with Gasteiger partial charge in [0.1, 0.15) is 0 Å². The zero-order valence-corrected chi connectivity index (χ0v) is 13.0. The number of hydrogen-bond donors (Lipinski definition) is 0. The number of fused-ring (bicyclic) bond motifs is 1. The molecule has 3 nitrogen and oxygen atoms in total. The fraction of sp³-hybridized carbons (Fsp3) is 0.200. The van der Waals surface area contributed by atoms with Gasteiger partial charge in [-0.2, -0.15) is 10.2 Å². The van der Waals surface area contributed by atoms with Gasteiger partial charge in [-0.1, -0.05) is 60.7 Å². The number of ether oxygens (including phenoxy) is 1. The summed E-state index contributed by atoms with van der Waals surface area (Å²) in [5.74, 6) is 1.47. The Bertz CT molecular complexity index is 791. The molecule has 2 aromatic rings. The molecule has 114 valence electrons. The number of rotatable bonds is 3. The van der Waals surface area contributed by atoms with Crippen molar-refractivity contribution in [2.24, 2.45) is 16.1 Å². The van der Waals surface area contributed by atoms with Crippen LogP contribution in [0.4, 0.5) is 0 Å². The highest BCUT2D eigenvalue weighted by atomic mass is 16.5. The van der Waals surface area contributed by atoms with Crippen LogP contribution in [0.15, 0.2) is 82.7 Å². The Labute approximate surface area is 136 Å². The van der Waals surface area contributed by atoms with Crippen LogP contribution in [0, 0.1) is 5.92 Å². The molecule has 2 aromatic carbocycles. The maximum Gasteiger partial charge on any atom is 0.0980 e. The molecular weight excluding hydrogens is 284 g/mol. The number of allylic oxidation sites excluding steroid dienone is 2. The summed E-state index contributed by atoms with van der Waals surface area (Å²) in [7, 11) is 1.72. The maximum atomic E-state index is 5.52. The molecule has 2 atom stereocenters. The second kappa shape index (κ2) is 5.84. The molecule has 2 aliphatic rings. The SMILES string of the molecule is COC1=CC2=NN=C(c3ccccc3)C2C(c2ccccc2)C1. The predicted octanol–water partition coefficient (Wildman–Crippen LogP) is 4.18. The van der Waals surface area contributed by atoms with E-state index < -0.39 is 0 Å². The number of nitrogens with zero attached hydrogens (tertiary/aromatic N) is 2. The Kier molecular flexibility index (Phi) is 3.54. The Hall–Kier alpha value is -2.68. The van der Waals surface area contributed by atoms with E-state index in [1.165, 1.54) is 5.56 Å². The van der Waals surface area contributed by atoms with E-state index in [0.29, 0.717) is 5.92 Å². The van der Waals surface area contributed by atoms with E-state index in [2.05, 4.69) is 52.7 Å². The van der Waals surface area contributed by atoms with E-state index in [1.54, 1.807) is 7.11 Å². The zero-order chi connectivity index (χ0) is 15.6. The molecule has 3 heteroatoms. The van der Waals surface area contributed by atoms with Gasteiger partial charge in [0.15, 0.2) is 0 Å². The molecule has 4 rings (SSSR count). The molecule has 0 N–H and O–H groups in total. The zero-order valence-electron chi connectivity index (χ0n) is 13.0. The number of benzene rings is 2. The van der Waals surface area contributed by atoms with Crippen LogP contribution in [0.2, 0.25) is 0 Å². The van der Waals surface area contributed by atoms with Crippen LogP contribution in [-0.4, -0.2) is 18.5 Å². The van der Waals surface area contributed by atoms with Crippen LogP contribution >= 0.6 is 0 Å².